The van der Waals surface area contributed by atoms with Crippen LogP contribution in [0.1, 0.15) is 31.4 Å². The molecule has 0 aromatic heterocycles. The number of rotatable bonds is 3. The van der Waals surface area contributed by atoms with E-state index in [-0.39, 0.29) is 12.1 Å². The van der Waals surface area contributed by atoms with E-state index < -0.39 is 0 Å². The van der Waals surface area contributed by atoms with Crippen LogP contribution in [0.3, 0.4) is 0 Å². The minimum atomic E-state index is -0.114. The Bertz CT molecular complexity index is 415. The SMILES string of the molecule is CC(NC1CC(O)C1)c1ccc2c(c1)OCO2. The standard InChI is InChI=1S/C13H17NO3/c1-8(14-10-5-11(15)6-10)9-2-3-12-13(4-9)17-7-16-12/h2-4,8,10-11,14-15H,5-7H2,1H3. The molecule has 1 aromatic rings. The average Bonchev–Trinajstić information content (AvgIpc) is 2.73. The second-order valence-corrected chi connectivity index (χ2v) is 4.82. The van der Waals surface area contributed by atoms with Crippen LogP contribution in [0, 0.1) is 0 Å². The van der Waals surface area contributed by atoms with Crippen LogP contribution in [0.2, 0.25) is 0 Å². The van der Waals surface area contributed by atoms with E-state index in [1.54, 1.807) is 0 Å². The van der Waals surface area contributed by atoms with E-state index in [0.29, 0.717) is 12.8 Å². The van der Waals surface area contributed by atoms with Crippen LogP contribution in [0.4, 0.5) is 0 Å². The van der Waals surface area contributed by atoms with Gasteiger partial charge in [0.25, 0.3) is 0 Å². The predicted octanol–water partition coefficient (Wildman–Crippen LogP) is 1.59. The maximum atomic E-state index is 9.25. The van der Waals surface area contributed by atoms with Crippen LogP contribution < -0.4 is 14.8 Å². The topological polar surface area (TPSA) is 50.7 Å². The predicted molar refractivity (Wildman–Crippen MR) is 63.1 cm³/mol. The summed E-state index contributed by atoms with van der Waals surface area (Å²) in [6, 6.07) is 6.73. The van der Waals surface area contributed by atoms with Crippen molar-refractivity contribution in [3.63, 3.8) is 0 Å². The van der Waals surface area contributed by atoms with Crippen LogP contribution >= 0.6 is 0 Å². The molecule has 4 nitrogen and oxygen atoms in total. The third kappa shape index (κ3) is 2.10. The molecule has 2 N–H and O–H groups in total. The molecule has 4 heteroatoms. The number of fused-ring (bicyclic) bond motifs is 1. The second kappa shape index (κ2) is 4.20. The highest BCUT2D eigenvalue weighted by atomic mass is 16.7. The molecule has 0 saturated heterocycles. The van der Waals surface area contributed by atoms with Gasteiger partial charge in [-0.15, -0.1) is 0 Å². The summed E-state index contributed by atoms with van der Waals surface area (Å²) in [5.41, 5.74) is 1.19. The zero-order valence-corrected chi connectivity index (χ0v) is 9.85. The molecule has 92 valence electrons. The Labute approximate surface area is 101 Å². The summed E-state index contributed by atoms with van der Waals surface area (Å²) in [5, 5.41) is 12.7. The Morgan fingerprint density at radius 1 is 1.29 bits per heavy atom. The molecule has 1 saturated carbocycles. The Morgan fingerprint density at radius 3 is 2.82 bits per heavy atom. The average molecular weight is 235 g/mol. The normalized spacial score (nSPS) is 27.6. The van der Waals surface area contributed by atoms with Gasteiger partial charge in [0.05, 0.1) is 6.10 Å². The van der Waals surface area contributed by atoms with Crippen molar-refractivity contribution in [2.75, 3.05) is 6.79 Å². The maximum Gasteiger partial charge on any atom is 0.231 e. The summed E-state index contributed by atoms with van der Waals surface area (Å²) in [6.07, 6.45) is 1.60. The second-order valence-electron chi connectivity index (χ2n) is 4.82. The highest BCUT2D eigenvalue weighted by molar-refractivity contribution is 5.45. The molecule has 2 aliphatic rings. The number of hydrogen-bond donors (Lipinski definition) is 2. The van der Waals surface area contributed by atoms with E-state index in [1.165, 1.54) is 5.56 Å². The van der Waals surface area contributed by atoms with Crippen molar-refractivity contribution >= 4 is 0 Å². The monoisotopic (exact) mass is 235 g/mol. The Morgan fingerprint density at radius 2 is 2.06 bits per heavy atom. The Balaban J connectivity index is 1.67. The van der Waals surface area contributed by atoms with Crippen molar-refractivity contribution in [2.24, 2.45) is 0 Å². The lowest BCUT2D eigenvalue weighted by atomic mass is 9.88. The highest BCUT2D eigenvalue weighted by Crippen LogP contribution is 2.34. The van der Waals surface area contributed by atoms with Crippen molar-refractivity contribution < 1.29 is 14.6 Å². The molecule has 0 amide bonds. The number of aliphatic hydroxyl groups excluding tert-OH is 1. The number of hydrogen-bond acceptors (Lipinski definition) is 4. The quantitative estimate of drug-likeness (QED) is 0.835. The molecule has 17 heavy (non-hydrogen) atoms. The lowest BCUT2D eigenvalue weighted by molar-refractivity contribution is 0.0585. The first kappa shape index (κ1) is 10.9. The first-order chi connectivity index (χ1) is 8.22. The van der Waals surface area contributed by atoms with Crippen LogP contribution in [-0.4, -0.2) is 24.0 Å². The summed E-state index contributed by atoms with van der Waals surface area (Å²) >= 11 is 0. The molecule has 1 aromatic carbocycles. The number of benzene rings is 1. The van der Waals surface area contributed by atoms with E-state index in [9.17, 15) is 5.11 Å². The fourth-order valence-corrected chi connectivity index (χ4v) is 2.36. The lowest BCUT2D eigenvalue weighted by Crippen LogP contribution is -2.44. The van der Waals surface area contributed by atoms with Crippen molar-refractivity contribution in [1.29, 1.82) is 0 Å². The summed E-state index contributed by atoms with van der Waals surface area (Å²) in [5.74, 6) is 1.64. The van der Waals surface area contributed by atoms with Gasteiger partial charge >= 0.3 is 0 Å². The van der Waals surface area contributed by atoms with E-state index in [1.807, 2.05) is 12.1 Å². The van der Waals surface area contributed by atoms with Crippen molar-refractivity contribution in [2.45, 2.75) is 38.0 Å². The van der Waals surface area contributed by atoms with E-state index in [4.69, 9.17) is 9.47 Å². The molecule has 1 aliphatic heterocycles. The van der Waals surface area contributed by atoms with Crippen molar-refractivity contribution in [3.8, 4) is 11.5 Å². The summed E-state index contributed by atoms with van der Waals surface area (Å²) < 4.78 is 10.6. The fourth-order valence-electron chi connectivity index (χ4n) is 2.36. The maximum absolute atomic E-state index is 9.25. The van der Waals surface area contributed by atoms with Gasteiger partial charge in [-0.1, -0.05) is 6.07 Å². The number of aliphatic hydroxyl groups is 1. The first-order valence-corrected chi connectivity index (χ1v) is 6.06. The van der Waals surface area contributed by atoms with Gasteiger partial charge in [0.2, 0.25) is 6.79 Å². The molecule has 0 bridgehead atoms. The number of ether oxygens (including phenoxy) is 2. The van der Waals surface area contributed by atoms with E-state index in [2.05, 4.69) is 18.3 Å². The van der Waals surface area contributed by atoms with Gasteiger partial charge in [0.1, 0.15) is 0 Å². The Hall–Kier alpha value is -1.26. The van der Waals surface area contributed by atoms with Crippen molar-refractivity contribution in [3.05, 3.63) is 23.8 Å². The highest BCUT2D eigenvalue weighted by Gasteiger charge is 2.28. The molecule has 0 spiro atoms. The first-order valence-electron chi connectivity index (χ1n) is 6.06. The van der Waals surface area contributed by atoms with Crippen molar-refractivity contribution in [1.82, 2.24) is 5.32 Å². The summed E-state index contributed by atoms with van der Waals surface area (Å²) in [4.78, 5) is 0. The Kier molecular flexibility index (Phi) is 2.68. The minimum Gasteiger partial charge on any atom is -0.454 e. The third-order valence-corrected chi connectivity index (χ3v) is 3.50. The van der Waals surface area contributed by atoms with Gasteiger partial charge < -0.3 is 19.9 Å². The largest absolute Gasteiger partial charge is 0.454 e. The molecule has 1 atom stereocenters. The fraction of sp³-hybridized carbons (Fsp3) is 0.538. The zero-order valence-electron chi connectivity index (χ0n) is 9.85. The molecular weight excluding hydrogens is 218 g/mol. The van der Waals surface area contributed by atoms with Crippen LogP contribution in [0.15, 0.2) is 18.2 Å². The van der Waals surface area contributed by atoms with Gasteiger partial charge in [-0.2, -0.15) is 0 Å². The molecule has 0 radical (unpaired) electrons. The molecule has 1 aliphatic carbocycles. The van der Waals surface area contributed by atoms with E-state index >= 15 is 0 Å². The van der Waals surface area contributed by atoms with E-state index in [0.717, 1.165) is 24.3 Å². The van der Waals surface area contributed by atoms with Crippen LogP contribution in [-0.2, 0) is 0 Å². The molecule has 1 fully saturated rings. The van der Waals surface area contributed by atoms with Crippen LogP contribution in [0.25, 0.3) is 0 Å². The smallest absolute Gasteiger partial charge is 0.231 e. The van der Waals surface area contributed by atoms with Crippen LogP contribution in [0.5, 0.6) is 11.5 Å². The molecule has 1 heterocycles. The summed E-state index contributed by atoms with van der Waals surface area (Å²) in [7, 11) is 0. The third-order valence-electron chi connectivity index (χ3n) is 3.50. The molecular formula is C13H17NO3. The number of nitrogens with one attached hydrogen (secondary N) is 1. The van der Waals surface area contributed by atoms with Gasteiger partial charge in [-0.3, -0.25) is 0 Å². The lowest BCUT2D eigenvalue weighted by Gasteiger charge is -2.34. The summed E-state index contributed by atoms with van der Waals surface area (Å²) in [6.45, 7) is 2.44. The molecule has 3 rings (SSSR count). The zero-order chi connectivity index (χ0) is 11.8. The van der Waals surface area contributed by atoms with Gasteiger partial charge in [-0.05, 0) is 37.5 Å². The van der Waals surface area contributed by atoms with Gasteiger partial charge in [0, 0.05) is 12.1 Å². The van der Waals surface area contributed by atoms with Gasteiger partial charge in [-0.25, -0.2) is 0 Å². The molecule has 1 unspecified atom stereocenters. The minimum absolute atomic E-state index is 0.114. The van der Waals surface area contributed by atoms with Gasteiger partial charge in [0.15, 0.2) is 11.5 Å².